The topological polar surface area (TPSA) is 237 Å². The fraction of sp³-hybridized carbons (Fsp3) is 0.671. The maximum Gasteiger partial charge on any atom is 0.472 e. The van der Waals surface area contributed by atoms with Gasteiger partial charge in [0, 0.05) is 25.7 Å². The third-order valence-electron chi connectivity index (χ3n) is 15.1. The van der Waals surface area contributed by atoms with Gasteiger partial charge < -0.3 is 33.8 Å². The first-order valence-electron chi connectivity index (χ1n) is 37.4. The maximum absolute atomic E-state index is 13.1. The molecule has 0 aromatic carbocycles. The van der Waals surface area contributed by atoms with Crippen molar-refractivity contribution < 1.29 is 80.2 Å². The van der Waals surface area contributed by atoms with E-state index >= 15 is 0 Å². The highest BCUT2D eigenvalue weighted by molar-refractivity contribution is 7.47. The van der Waals surface area contributed by atoms with Gasteiger partial charge in [0.2, 0.25) is 0 Å². The summed E-state index contributed by atoms with van der Waals surface area (Å²) in [6, 6.07) is 0. The van der Waals surface area contributed by atoms with Crippen LogP contribution in [0.5, 0.6) is 0 Å². The van der Waals surface area contributed by atoms with Gasteiger partial charge in [0.15, 0.2) is 12.2 Å². The van der Waals surface area contributed by atoms with Crippen molar-refractivity contribution in [3.05, 3.63) is 134 Å². The molecule has 98 heavy (non-hydrogen) atoms. The molecule has 560 valence electrons. The number of phosphoric acid groups is 2. The second-order valence-electron chi connectivity index (χ2n) is 24.5. The SMILES string of the molecule is CC/C=C\C/C=C\C/C=C\C/C=C\C/C=C\CCCC(=O)OC(COC(=O)CCCCCCCC/C=C\C/C=C\C/C=C\C/C=C\CC)COP(=O)(O)OCC(O)COP(=O)(O)OCC(COC(=O)CCCCCCC/C=C\CCCC)OC(=O)CCCCCCC/C=C\CCCC. The van der Waals surface area contributed by atoms with Gasteiger partial charge in [-0.25, -0.2) is 9.13 Å². The van der Waals surface area contributed by atoms with Gasteiger partial charge in [-0.2, -0.15) is 0 Å². The summed E-state index contributed by atoms with van der Waals surface area (Å²) in [5.41, 5.74) is 0. The molecule has 0 heterocycles. The molecule has 3 N–H and O–H groups in total. The van der Waals surface area contributed by atoms with Gasteiger partial charge in [-0.1, -0.05) is 251 Å². The molecule has 0 aliphatic heterocycles. The van der Waals surface area contributed by atoms with E-state index in [-0.39, 0.29) is 25.7 Å². The summed E-state index contributed by atoms with van der Waals surface area (Å²) in [7, 11) is -9.97. The number of hydrogen-bond donors (Lipinski definition) is 3. The monoisotopic (exact) mass is 1410 g/mol. The van der Waals surface area contributed by atoms with Gasteiger partial charge in [0.25, 0.3) is 0 Å². The zero-order chi connectivity index (χ0) is 71.8. The summed E-state index contributed by atoms with van der Waals surface area (Å²) in [6.45, 7) is 4.45. The Morgan fingerprint density at radius 2 is 0.541 bits per heavy atom. The average Bonchev–Trinajstić information content (AvgIpc) is 1.06. The standard InChI is InChI=1S/C79H132O17P2/c1-5-9-13-17-21-25-29-31-33-35-36-38-39-41-45-48-52-56-60-64-77(82)90-70-75(96-79(84)66-62-58-54-50-46-42-40-37-34-32-30-26-22-18-14-10-6-2)72-94-98(87,88)92-68-73(80)67-91-97(85,86)93-71-74(95-78(83)65-61-57-53-49-44-28-24-20-16-12-8-4)69-89-76(81)63-59-55-51-47-43-27-23-19-15-11-7-3/h9-10,13-14,19-26,31-34,36,38,40,42,50,54,73-75,80H,5-8,11-12,15-18,27-30,35,37,39,41,43-49,51-53,55-72H2,1-4H3,(H,85,86)(H,87,88)/b13-9-,14-10-,23-19-,24-20-,25-21-,26-22-,33-31-,34-32-,38-36-,42-40-,54-50-. The normalized spacial score (nSPS) is 14.7. The number of carbonyl (C=O) groups excluding carboxylic acids is 4. The van der Waals surface area contributed by atoms with E-state index in [1.54, 1.807) is 0 Å². The van der Waals surface area contributed by atoms with E-state index in [1.807, 2.05) is 12.2 Å². The van der Waals surface area contributed by atoms with Crippen molar-refractivity contribution in [2.45, 2.75) is 303 Å². The molecule has 0 spiro atoms. The highest BCUT2D eigenvalue weighted by Crippen LogP contribution is 2.45. The van der Waals surface area contributed by atoms with Crippen molar-refractivity contribution in [1.29, 1.82) is 0 Å². The van der Waals surface area contributed by atoms with Gasteiger partial charge in [0.1, 0.15) is 19.3 Å². The van der Waals surface area contributed by atoms with Crippen LogP contribution in [0.2, 0.25) is 0 Å². The van der Waals surface area contributed by atoms with Gasteiger partial charge in [-0.15, -0.1) is 0 Å². The molecule has 17 nitrogen and oxygen atoms in total. The Hall–Kier alpha value is -4.80. The zero-order valence-corrected chi connectivity index (χ0v) is 62.7. The lowest BCUT2D eigenvalue weighted by molar-refractivity contribution is -0.161. The Labute approximate surface area is 593 Å². The predicted octanol–water partition coefficient (Wildman–Crippen LogP) is 21.3. The first-order chi connectivity index (χ1) is 47.7. The number of aliphatic hydroxyl groups excluding tert-OH is 1. The second kappa shape index (κ2) is 70.6. The number of phosphoric ester groups is 2. The molecular formula is C79H132O17P2. The van der Waals surface area contributed by atoms with Crippen molar-refractivity contribution >= 4 is 39.5 Å². The van der Waals surface area contributed by atoms with Crippen molar-refractivity contribution in [3.63, 3.8) is 0 Å². The fourth-order valence-electron chi connectivity index (χ4n) is 9.38. The van der Waals surface area contributed by atoms with Gasteiger partial charge in [-0.05, 0) is 141 Å². The highest BCUT2D eigenvalue weighted by Gasteiger charge is 2.30. The number of rotatable bonds is 69. The van der Waals surface area contributed by atoms with Gasteiger partial charge in [0.05, 0.1) is 26.4 Å². The smallest absolute Gasteiger partial charge is 0.462 e. The first kappa shape index (κ1) is 93.2. The van der Waals surface area contributed by atoms with Crippen LogP contribution in [0.25, 0.3) is 0 Å². The molecule has 0 saturated carbocycles. The molecule has 0 fully saturated rings. The molecule has 0 rings (SSSR count). The molecular weight excluding hydrogens is 1280 g/mol. The number of hydrogen-bond acceptors (Lipinski definition) is 15. The summed E-state index contributed by atoms with van der Waals surface area (Å²) in [5, 5.41) is 10.6. The number of esters is 4. The fourth-order valence-corrected chi connectivity index (χ4v) is 11.0. The minimum Gasteiger partial charge on any atom is -0.462 e. The number of aliphatic hydroxyl groups is 1. The van der Waals surface area contributed by atoms with E-state index in [2.05, 4.69) is 149 Å². The largest absolute Gasteiger partial charge is 0.472 e. The molecule has 0 bridgehead atoms. The Balaban J connectivity index is 5.40. The molecule has 5 atom stereocenters. The Morgan fingerprint density at radius 1 is 0.296 bits per heavy atom. The lowest BCUT2D eigenvalue weighted by Crippen LogP contribution is -2.30. The summed E-state index contributed by atoms with van der Waals surface area (Å²) in [6.07, 6.45) is 77.5. The van der Waals surface area contributed by atoms with E-state index in [0.29, 0.717) is 32.1 Å². The average molecular weight is 1420 g/mol. The number of unbranched alkanes of at least 4 members (excludes halogenated alkanes) is 21. The van der Waals surface area contributed by atoms with Crippen LogP contribution in [0.1, 0.15) is 285 Å². The van der Waals surface area contributed by atoms with Crippen molar-refractivity contribution in [2.24, 2.45) is 0 Å². The van der Waals surface area contributed by atoms with Crippen molar-refractivity contribution in [2.75, 3.05) is 39.6 Å². The summed E-state index contributed by atoms with van der Waals surface area (Å²) in [4.78, 5) is 72.7. The lowest BCUT2D eigenvalue weighted by Gasteiger charge is -2.21. The van der Waals surface area contributed by atoms with Crippen LogP contribution < -0.4 is 0 Å². The van der Waals surface area contributed by atoms with Gasteiger partial charge >= 0.3 is 39.5 Å². The van der Waals surface area contributed by atoms with E-state index in [1.165, 1.54) is 25.7 Å². The minimum atomic E-state index is -5.00. The summed E-state index contributed by atoms with van der Waals surface area (Å²) in [5.74, 6) is -2.28. The third-order valence-corrected chi connectivity index (χ3v) is 17.0. The first-order valence-corrected chi connectivity index (χ1v) is 40.4. The van der Waals surface area contributed by atoms with Crippen LogP contribution in [-0.4, -0.2) is 96.7 Å². The van der Waals surface area contributed by atoms with E-state index in [4.69, 9.17) is 37.0 Å². The Morgan fingerprint density at radius 3 is 0.867 bits per heavy atom. The zero-order valence-electron chi connectivity index (χ0n) is 60.9. The van der Waals surface area contributed by atoms with Crippen molar-refractivity contribution in [1.82, 2.24) is 0 Å². The van der Waals surface area contributed by atoms with Crippen LogP contribution in [0, 0.1) is 0 Å². The molecule has 0 aliphatic carbocycles. The number of carbonyl (C=O) groups is 4. The number of allylic oxidation sites excluding steroid dienone is 22. The third kappa shape index (κ3) is 69.7. The van der Waals surface area contributed by atoms with Gasteiger partial charge in [-0.3, -0.25) is 37.3 Å². The van der Waals surface area contributed by atoms with Crippen LogP contribution in [0.4, 0.5) is 0 Å². The molecule has 0 aromatic rings. The van der Waals surface area contributed by atoms with Crippen LogP contribution in [-0.2, 0) is 65.4 Å². The summed E-state index contributed by atoms with van der Waals surface area (Å²) < 4.78 is 68.3. The molecule has 0 aromatic heterocycles. The Bertz CT molecular complexity index is 2380. The molecule has 19 heteroatoms. The molecule has 0 aliphatic rings. The highest BCUT2D eigenvalue weighted by atomic mass is 31.2. The molecule has 0 saturated heterocycles. The minimum absolute atomic E-state index is 0.00950. The van der Waals surface area contributed by atoms with E-state index in [0.717, 1.165) is 173 Å². The Kier molecular flexibility index (Phi) is 67.2. The van der Waals surface area contributed by atoms with E-state index < -0.39 is 97.5 Å². The number of ether oxygens (including phenoxy) is 4. The maximum atomic E-state index is 13.1. The second-order valence-corrected chi connectivity index (χ2v) is 27.4. The van der Waals surface area contributed by atoms with Crippen LogP contribution in [0.3, 0.4) is 0 Å². The molecule has 0 amide bonds. The van der Waals surface area contributed by atoms with E-state index in [9.17, 15) is 43.2 Å². The summed E-state index contributed by atoms with van der Waals surface area (Å²) >= 11 is 0. The van der Waals surface area contributed by atoms with Crippen LogP contribution in [0.15, 0.2) is 134 Å². The van der Waals surface area contributed by atoms with Crippen LogP contribution >= 0.6 is 15.6 Å². The quantitative estimate of drug-likeness (QED) is 0.0169. The van der Waals surface area contributed by atoms with Crippen molar-refractivity contribution in [3.8, 4) is 0 Å². The predicted molar refractivity (Wildman–Crippen MR) is 399 cm³/mol. The molecule has 0 radical (unpaired) electrons. The lowest BCUT2D eigenvalue weighted by atomic mass is 10.1. The molecule has 5 unspecified atom stereocenters.